The van der Waals surface area contributed by atoms with Crippen LogP contribution < -0.4 is 19.7 Å². The first-order chi connectivity index (χ1) is 15.2. The van der Waals surface area contributed by atoms with Gasteiger partial charge >= 0.3 is 5.97 Å². The van der Waals surface area contributed by atoms with Gasteiger partial charge in [-0.3, -0.25) is 14.4 Å². The van der Waals surface area contributed by atoms with Crippen molar-refractivity contribution < 1.29 is 28.6 Å². The van der Waals surface area contributed by atoms with Crippen molar-refractivity contribution >= 4 is 45.1 Å². The zero-order valence-electron chi connectivity index (χ0n) is 18.4. The Morgan fingerprint density at radius 2 is 1.88 bits per heavy atom. The summed E-state index contributed by atoms with van der Waals surface area (Å²) in [5, 5.41) is 2.75. The Kier molecular flexibility index (Phi) is 7.40. The molecule has 2 amide bonds. The Labute approximate surface area is 194 Å². The van der Waals surface area contributed by atoms with Gasteiger partial charge in [-0.15, -0.1) is 0 Å². The number of halogens is 1. The molecule has 3 rings (SSSR count). The first-order valence-electron chi connectivity index (χ1n) is 9.99. The first kappa shape index (κ1) is 23.6. The smallest absolute Gasteiger partial charge is 0.311 e. The third-order valence-electron chi connectivity index (χ3n) is 5.26. The average molecular weight is 505 g/mol. The maximum absolute atomic E-state index is 12.5. The van der Waals surface area contributed by atoms with Gasteiger partial charge in [0.1, 0.15) is 11.5 Å². The molecule has 0 aromatic heterocycles. The molecule has 1 aliphatic heterocycles. The summed E-state index contributed by atoms with van der Waals surface area (Å²) >= 11 is 3.45. The summed E-state index contributed by atoms with van der Waals surface area (Å²) in [5.41, 5.74) is 3.06. The molecule has 0 unspecified atom stereocenters. The van der Waals surface area contributed by atoms with Gasteiger partial charge in [0.05, 0.1) is 25.8 Å². The van der Waals surface area contributed by atoms with Crippen molar-refractivity contribution in [1.29, 1.82) is 0 Å². The van der Waals surface area contributed by atoms with Crippen LogP contribution >= 0.6 is 15.9 Å². The van der Waals surface area contributed by atoms with Gasteiger partial charge in [-0.2, -0.15) is 0 Å². The quantitative estimate of drug-likeness (QED) is 0.578. The van der Waals surface area contributed by atoms with Crippen LogP contribution in [0.2, 0.25) is 0 Å². The van der Waals surface area contributed by atoms with Crippen LogP contribution in [0, 0.1) is 19.8 Å². The lowest BCUT2D eigenvalue weighted by Crippen LogP contribution is -2.28. The number of benzene rings is 2. The van der Waals surface area contributed by atoms with E-state index in [2.05, 4.69) is 21.2 Å². The van der Waals surface area contributed by atoms with Gasteiger partial charge < -0.3 is 24.4 Å². The van der Waals surface area contributed by atoms with Crippen LogP contribution in [-0.4, -0.2) is 45.2 Å². The monoisotopic (exact) mass is 504 g/mol. The van der Waals surface area contributed by atoms with Crippen LogP contribution in [0.4, 0.5) is 11.4 Å². The SMILES string of the molecule is COc1ccc(N2C[C@H](C(=O)OCC(=O)Nc3cc(C)c(Br)cc3C)CC2=O)c(OC)c1. The van der Waals surface area contributed by atoms with Crippen LogP contribution in [-0.2, 0) is 19.1 Å². The van der Waals surface area contributed by atoms with E-state index in [1.54, 1.807) is 18.2 Å². The number of methoxy groups -OCH3 is 2. The summed E-state index contributed by atoms with van der Waals surface area (Å²) in [5.74, 6) is -0.866. The molecular weight excluding hydrogens is 480 g/mol. The minimum atomic E-state index is -0.668. The highest BCUT2D eigenvalue weighted by atomic mass is 79.9. The zero-order chi connectivity index (χ0) is 23.4. The van der Waals surface area contributed by atoms with Gasteiger partial charge in [-0.05, 0) is 49.2 Å². The summed E-state index contributed by atoms with van der Waals surface area (Å²) in [4.78, 5) is 38.8. The van der Waals surface area contributed by atoms with E-state index >= 15 is 0 Å². The largest absolute Gasteiger partial charge is 0.497 e. The molecule has 32 heavy (non-hydrogen) atoms. The molecule has 1 N–H and O–H groups in total. The molecule has 0 radical (unpaired) electrons. The number of aryl methyl sites for hydroxylation is 2. The van der Waals surface area contributed by atoms with Gasteiger partial charge in [0.2, 0.25) is 5.91 Å². The van der Waals surface area contributed by atoms with Crippen molar-refractivity contribution in [3.63, 3.8) is 0 Å². The third kappa shape index (κ3) is 5.21. The molecule has 1 fully saturated rings. The van der Waals surface area contributed by atoms with E-state index in [0.717, 1.165) is 15.6 Å². The lowest BCUT2D eigenvalue weighted by molar-refractivity contribution is -0.151. The molecule has 8 nitrogen and oxygen atoms in total. The molecule has 1 aliphatic rings. The minimum absolute atomic E-state index is 0.000646. The molecule has 0 saturated carbocycles. The number of hydrogen-bond donors (Lipinski definition) is 1. The summed E-state index contributed by atoms with van der Waals surface area (Å²) < 4.78 is 16.7. The Hall–Kier alpha value is -3.07. The summed E-state index contributed by atoms with van der Waals surface area (Å²) in [7, 11) is 3.04. The maximum Gasteiger partial charge on any atom is 0.311 e. The second-order valence-electron chi connectivity index (χ2n) is 7.52. The molecule has 9 heteroatoms. The van der Waals surface area contributed by atoms with Crippen molar-refractivity contribution in [3.05, 3.63) is 45.9 Å². The number of esters is 1. The highest BCUT2D eigenvalue weighted by Gasteiger charge is 2.37. The Morgan fingerprint density at radius 3 is 2.56 bits per heavy atom. The topological polar surface area (TPSA) is 94.2 Å². The van der Waals surface area contributed by atoms with Crippen molar-refractivity contribution in [2.75, 3.05) is 37.6 Å². The minimum Gasteiger partial charge on any atom is -0.497 e. The van der Waals surface area contributed by atoms with E-state index in [4.69, 9.17) is 14.2 Å². The van der Waals surface area contributed by atoms with E-state index in [-0.39, 0.29) is 18.9 Å². The number of rotatable bonds is 7. The Morgan fingerprint density at radius 1 is 1.12 bits per heavy atom. The Bertz CT molecular complexity index is 1060. The fraction of sp³-hybridized carbons (Fsp3) is 0.348. The van der Waals surface area contributed by atoms with E-state index in [0.29, 0.717) is 22.9 Å². The lowest BCUT2D eigenvalue weighted by atomic mass is 10.1. The molecular formula is C23H25BrN2O6. The Balaban J connectivity index is 1.59. The number of carbonyl (C=O) groups is 3. The van der Waals surface area contributed by atoms with Gasteiger partial charge in [0, 0.05) is 29.2 Å². The number of nitrogens with zero attached hydrogens (tertiary/aromatic N) is 1. The number of ether oxygens (including phenoxy) is 3. The first-order valence-corrected chi connectivity index (χ1v) is 10.8. The van der Waals surface area contributed by atoms with Crippen molar-refractivity contribution in [2.45, 2.75) is 20.3 Å². The van der Waals surface area contributed by atoms with Crippen molar-refractivity contribution in [3.8, 4) is 11.5 Å². The van der Waals surface area contributed by atoms with Crippen LogP contribution in [0.5, 0.6) is 11.5 Å². The van der Waals surface area contributed by atoms with Gasteiger partial charge in [0.25, 0.3) is 5.91 Å². The third-order valence-corrected chi connectivity index (χ3v) is 6.12. The van der Waals surface area contributed by atoms with E-state index in [9.17, 15) is 14.4 Å². The van der Waals surface area contributed by atoms with Gasteiger partial charge in [-0.1, -0.05) is 15.9 Å². The molecule has 1 atom stereocenters. The molecule has 170 valence electrons. The second-order valence-corrected chi connectivity index (χ2v) is 8.37. The highest BCUT2D eigenvalue weighted by molar-refractivity contribution is 9.10. The number of hydrogen-bond acceptors (Lipinski definition) is 6. The van der Waals surface area contributed by atoms with Gasteiger partial charge in [0.15, 0.2) is 6.61 Å². The second kappa shape index (κ2) is 10.0. The van der Waals surface area contributed by atoms with Gasteiger partial charge in [-0.25, -0.2) is 0 Å². The molecule has 0 aliphatic carbocycles. The van der Waals surface area contributed by atoms with Crippen molar-refractivity contribution in [1.82, 2.24) is 0 Å². The van der Waals surface area contributed by atoms with E-state index < -0.39 is 24.4 Å². The fourth-order valence-electron chi connectivity index (χ4n) is 3.46. The zero-order valence-corrected chi connectivity index (χ0v) is 19.9. The van der Waals surface area contributed by atoms with Crippen LogP contribution in [0.25, 0.3) is 0 Å². The summed E-state index contributed by atoms with van der Waals surface area (Å²) in [6.07, 6.45) is 0.000646. The van der Waals surface area contributed by atoms with Crippen molar-refractivity contribution in [2.24, 2.45) is 5.92 Å². The fourth-order valence-corrected chi connectivity index (χ4v) is 3.92. The summed E-state index contributed by atoms with van der Waals surface area (Å²) in [6.45, 7) is 3.51. The van der Waals surface area contributed by atoms with E-state index in [1.165, 1.54) is 19.1 Å². The molecule has 1 saturated heterocycles. The highest BCUT2D eigenvalue weighted by Crippen LogP contribution is 2.36. The molecule has 2 aromatic rings. The normalized spacial score (nSPS) is 15.5. The summed E-state index contributed by atoms with van der Waals surface area (Å²) in [6, 6.07) is 8.84. The van der Waals surface area contributed by atoms with E-state index in [1.807, 2.05) is 26.0 Å². The molecule has 2 aromatic carbocycles. The van der Waals surface area contributed by atoms with Crippen LogP contribution in [0.15, 0.2) is 34.8 Å². The maximum atomic E-state index is 12.5. The predicted molar refractivity (Wildman–Crippen MR) is 123 cm³/mol. The predicted octanol–water partition coefficient (Wildman–Crippen LogP) is 3.62. The molecule has 0 spiro atoms. The van der Waals surface area contributed by atoms with Crippen LogP contribution in [0.1, 0.15) is 17.5 Å². The molecule has 1 heterocycles. The molecule has 0 bridgehead atoms. The number of anilines is 2. The lowest BCUT2D eigenvalue weighted by Gasteiger charge is -2.20. The average Bonchev–Trinajstić information content (AvgIpc) is 3.16. The number of amides is 2. The number of carbonyl (C=O) groups excluding carboxylic acids is 3. The van der Waals surface area contributed by atoms with Crippen LogP contribution in [0.3, 0.4) is 0 Å². The number of nitrogens with one attached hydrogen (secondary N) is 1. The standard InChI is InChI=1S/C23H25BrN2O6/c1-13-8-18(14(2)7-17(13)24)25-21(27)12-32-23(29)15-9-22(28)26(11-15)19-6-5-16(30-3)10-20(19)31-4/h5-8,10,15H,9,11-12H2,1-4H3,(H,25,27)/t15-/m1/s1.